The summed E-state index contributed by atoms with van der Waals surface area (Å²) in [6.07, 6.45) is 1.11. The van der Waals surface area contributed by atoms with Gasteiger partial charge < -0.3 is 11.1 Å². The molecule has 4 N–H and O–H groups in total. The number of rotatable bonds is 5. The third-order valence-corrected chi connectivity index (χ3v) is 4.47. The molecule has 0 saturated carbocycles. The number of sulfonamides is 1. The highest BCUT2D eigenvalue weighted by atomic mass is 32.2. The van der Waals surface area contributed by atoms with Gasteiger partial charge in [-0.05, 0) is 31.2 Å². The molecule has 23 heavy (non-hydrogen) atoms. The van der Waals surface area contributed by atoms with E-state index in [0.29, 0.717) is 17.1 Å². The molecule has 1 aromatic carbocycles. The number of aromatic amines is 1. The second kappa shape index (κ2) is 6.24. The molecule has 0 aliphatic heterocycles. The highest BCUT2D eigenvalue weighted by molar-refractivity contribution is 7.92. The zero-order chi connectivity index (χ0) is 17.2. The van der Waals surface area contributed by atoms with Crippen LogP contribution in [0.25, 0.3) is 0 Å². The van der Waals surface area contributed by atoms with Crippen LogP contribution in [0.15, 0.2) is 24.3 Å². The molecule has 1 heterocycles. The number of aromatic nitrogens is 3. The second-order valence-corrected chi connectivity index (χ2v) is 7.07. The Hall–Kier alpha value is -2.62. The molecule has 2 rings (SSSR count). The number of hydrogen-bond donors (Lipinski definition) is 3. The van der Waals surface area contributed by atoms with Crippen LogP contribution in [0, 0.1) is 0 Å². The van der Waals surface area contributed by atoms with Gasteiger partial charge in [0.05, 0.1) is 18.0 Å². The van der Waals surface area contributed by atoms with Crippen LogP contribution in [0.2, 0.25) is 0 Å². The summed E-state index contributed by atoms with van der Waals surface area (Å²) in [5, 5.41) is 9.07. The van der Waals surface area contributed by atoms with Gasteiger partial charge >= 0.3 is 0 Å². The predicted octanol–water partition coefficient (Wildman–Crippen LogP) is 0.274. The Labute approximate surface area is 134 Å². The third kappa shape index (κ3) is 3.97. The van der Waals surface area contributed by atoms with Crippen molar-refractivity contribution in [2.45, 2.75) is 13.0 Å². The van der Waals surface area contributed by atoms with Crippen LogP contribution >= 0.6 is 0 Å². The summed E-state index contributed by atoms with van der Waals surface area (Å²) in [4.78, 5) is 16.1. The lowest BCUT2D eigenvalue weighted by molar-refractivity contribution is 0.0938. The monoisotopic (exact) mass is 338 g/mol. The van der Waals surface area contributed by atoms with Gasteiger partial charge in [0.1, 0.15) is 5.82 Å². The zero-order valence-corrected chi connectivity index (χ0v) is 13.8. The topological polar surface area (TPSA) is 134 Å². The summed E-state index contributed by atoms with van der Waals surface area (Å²) < 4.78 is 24.1. The maximum atomic E-state index is 12.2. The number of benzene rings is 1. The van der Waals surface area contributed by atoms with E-state index in [-0.39, 0.29) is 11.9 Å². The van der Waals surface area contributed by atoms with E-state index in [1.807, 2.05) is 0 Å². The first-order valence-corrected chi connectivity index (χ1v) is 8.56. The smallest absolute Gasteiger partial charge is 0.251 e. The molecule has 0 saturated heterocycles. The van der Waals surface area contributed by atoms with E-state index in [2.05, 4.69) is 20.5 Å². The van der Waals surface area contributed by atoms with Crippen molar-refractivity contribution in [2.75, 3.05) is 23.3 Å². The minimum atomic E-state index is -3.34. The lowest BCUT2D eigenvalue weighted by Gasteiger charge is -2.17. The molecular weight excluding hydrogens is 320 g/mol. The van der Waals surface area contributed by atoms with E-state index in [1.165, 1.54) is 7.05 Å². The molecule has 9 nitrogen and oxygen atoms in total. The van der Waals surface area contributed by atoms with Crippen molar-refractivity contribution in [3.8, 4) is 0 Å². The Kier molecular flexibility index (Phi) is 4.55. The largest absolute Gasteiger partial charge is 0.367 e. The Morgan fingerprint density at radius 3 is 2.43 bits per heavy atom. The van der Waals surface area contributed by atoms with Gasteiger partial charge in [0.25, 0.3) is 5.91 Å². The molecule has 0 radical (unpaired) electrons. The average molecular weight is 338 g/mol. The summed E-state index contributed by atoms with van der Waals surface area (Å²) in [5.74, 6) is 0.236. The standard InChI is InChI=1S/C13H18N6O3S/c1-8(11-16-13(14)18-17-11)15-12(20)9-4-6-10(7-5-9)19(2)23(3,21)22/h4-8H,1-3H3,(H,15,20)(H3,14,16,17,18)/t8-/m0/s1. The number of nitrogen functional groups attached to an aromatic ring is 1. The highest BCUT2D eigenvalue weighted by Gasteiger charge is 2.16. The summed E-state index contributed by atoms with van der Waals surface area (Å²) in [7, 11) is -1.89. The molecule has 2 aromatic rings. The average Bonchev–Trinajstić information content (AvgIpc) is 2.92. The molecule has 10 heteroatoms. The van der Waals surface area contributed by atoms with Gasteiger partial charge in [-0.1, -0.05) is 0 Å². The van der Waals surface area contributed by atoms with Gasteiger partial charge in [-0.2, -0.15) is 4.98 Å². The first-order chi connectivity index (χ1) is 10.7. The molecule has 0 bridgehead atoms. The second-order valence-electron chi connectivity index (χ2n) is 5.05. The Balaban J connectivity index is 2.08. The fourth-order valence-corrected chi connectivity index (χ4v) is 2.35. The van der Waals surface area contributed by atoms with Crippen LogP contribution in [0.5, 0.6) is 0 Å². The molecule has 0 unspecified atom stereocenters. The Morgan fingerprint density at radius 2 is 1.96 bits per heavy atom. The van der Waals surface area contributed by atoms with Crippen molar-refractivity contribution < 1.29 is 13.2 Å². The van der Waals surface area contributed by atoms with Gasteiger partial charge in [0, 0.05) is 12.6 Å². The number of carbonyl (C=O) groups excluding carboxylic acids is 1. The van der Waals surface area contributed by atoms with Crippen LogP contribution in [0.3, 0.4) is 0 Å². The van der Waals surface area contributed by atoms with Crippen molar-refractivity contribution in [3.05, 3.63) is 35.7 Å². The number of H-pyrrole nitrogens is 1. The van der Waals surface area contributed by atoms with Crippen LogP contribution in [0.4, 0.5) is 11.6 Å². The highest BCUT2D eigenvalue weighted by Crippen LogP contribution is 2.17. The molecular formula is C13H18N6O3S. The number of hydrogen-bond acceptors (Lipinski definition) is 6. The number of amides is 1. The molecule has 0 fully saturated rings. The molecule has 1 atom stereocenters. The van der Waals surface area contributed by atoms with Crippen LogP contribution in [-0.2, 0) is 10.0 Å². The number of anilines is 2. The van der Waals surface area contributed by atoms with E-state index in [4.69, 9.17) is 5.73 Å². The summed E-state index contributed by atoms with van der Waals surface area (Å²) in [6.45, 7) is 1.74. The predicted molar refractivity (Wildman–Crippen MR) is 86.4 cm³/mol. The lowest BCUT2D eigenvalue weighted by atomic mass is 10.2. The van der Waals surface area contributed by atoms with E-state index in [1.54, 1.807) is 31.2 Å². The van der Waals surface area contributed by atoms with Crippen LogP contribution < -0.4 is 15.4 Å². The fourth-order valence-electron chi connectivity index (χ4n) is 1.84. The molecule has 1 amide bonds. The van der Waals surface area contributed by atoms with Crippen molar-refractivity contribution >= 4 is 27.6 Å². The number of nitrogens with two attached hydrogens (primary N) is 1. The SMILES string of the molecule is C[C@H](NC(=O)c1ccc(N(C)S(C)(=O)=O)cc1)c1nc(N)n[nH]1. The normalized spacial score (nSPS) is 12.7. The minimum absolute atomic E-state index is 0.106. The maximum absolute atomic E-state index is 12.2. The van der Waals surface area contributed by atoms with E-state index < -0.39 is 16.1 Å². The third-order valence-electron chi connectivity index (χ3n) is 3.27. The molecule has 0 aliphatic rings. The van der Waals surface area contributed by atoms with Crippen LogP contribution in [0.1, 0.15) is 29.1 Å². The summed E-state index contributed by atoms with van der Waals surface area (Å²) >= 11 is 0. The summed E-state index contributed by atoms with van der Waals surface area (Å²) in [5.41, 5.74) is 6.29. The first kappa shape index (κ1) is 16.7. The van der Waals surface area contributed by atoms with Crippen molar-refractivity contribution in [3.63, 3.8) is 0 Å². The lowest BCUT2D eigenvalue weighted by Crippen LogP contribution is -2.28. The van der Waals surface area contributed by atoms with E-state index in [9.17, 15) is 13.2 Å². The number of nitrogens with one attached hydrogen (secondary N) is 2. The molecule has 124 valence electrons. The zero-order valence-electron chi connectivity index (χ0n) is 12.9. The molecule has 0 spiro atoms. The van der Waals surface area contributed by atoms with Gasteiger partial charge in [-0.15, -0.1) is 5.10 Å². The van der Waals surface area contributed by atoms with Gasteiger partial charge in [0.2, 0.25) is 16.0 Å². The Bertz CT molecular complexity index is 799. The molecule has 0 aliphatic carbocycles. The van der Waals surface area contributed by atoms with Crippen molar-refractivity contribution in [1.29, 1.82) is 0 Å². The number of nitrogens with zero attached hydrogens (tertiary/aromatic N) is 3. The summed E-state index contributed by atoms with van der Waals surface area (Å²) in [6, 6.07) is 5.83. The van der Waals surface area contributed by atoms with Crippen molar-refractivity contribution in [1.82, 2.24) is 20.5 Å². The quantitative estimate of drug-likeness (QED) is 0.716. The van der Waals surface area contributed by atoms with Gasteiger partial charge in [0.15, 0.2) is 0 Å². The van der Waals surface area contributed by atoms with Gasteiger partial charge in [-0.25, -0.2) is 8.42 Å². The van der Waals surface area contributed by atoms with Crippen LogP contribution in [-0.4, -0.2) is 42.8 Å². The van der Waals surface area contributed by atoms with E-state index >= 15 is 0 Å². The Morgan fingerprint density at radius 1 is 1.35 bits per heavy atom. The van der Waals surface area contributed by atoms with Crippen molar-refractivity contribution in [2.24, 2.45) is 0 Å². The fraction of sp³-hybridized carbons (Fsp3) is 0.308. The van der Waals surface area contributed by atoms with E-state index in [0.717, 1.165) is 10.6 Å². The minimum Gasteiger partial charge on any atom is -0.367 e. The maximum Gasteiger partial charge on any atom is 0.251 e. The molecule has 1 aromatic heterocycles. The van der Waals surface area contributed by atoms with Gasteiger partial charge in [-0.3, -0.25) is 14.2 Å². The first-order valence-electron chi connectivity index (χ1n) is 6.71. The number of carbonyl (C=O) groups is 1.